The summed E-state index contributed by atoms with van der Waals surface area (Å²) in [6.07, 6.45) is 0.724. The standard InChI is InChI=1S/C22H24B4N6O2S/c1-20(2,3)34-14-6-4-5-13(11-14)12-17(33)28-16-8-7-15(29-30-16)22(25,26)21(23,24)10-9-18-31-32-19(27)35-18/h4-8,11H,9-10,12H2,1-3H3,(H2,27,32)(H,28,30,33). The summed E-state index contributed by atoms with van der Waals surface area (Å²) in [5, 5.41) is 16.2. The fourth-order valence-corrected chi connectivity index (χ4v) is 3.80. The molecule has 3 N–H and O–H groups in total. The average Bonchev–Trinajstić information content (AvgIpc) is 3.17. The van der Waals surface area contributed by atoms with Gasteiger partial charge in [0.2, 0.25) is 11.0 Å². The molecule has 172 valence electrons. The molecular formula is C22H24B4N6O2S. The van der Waals surface area contributed by atoms with Gasteiger partial charge in [0.1, 0.15) is 16.4 Å². The molecule has 0 aliphatic rings. The number of hydrogen-bond donors (Lipinski definition) is 2. The van der Waals surface area contributed by atoms with E-state index in [1.165, 1.54) is 23.5 Å². The summed E-state index contributed by atoms with van der Waals surface area (Å²) in [6, 6.07) is 10.4. The van der Waals surface area contributed by atoms with E-state index in [4.69, 9.17) is 41.9 Å². The van der Waals surface area contributed by atoms with Crippen LogP contribution < -0.4 is 15.8 Å². The van der Waals surface area contributed by atoms with Gasteiger partial charge in [0.25, 0.3) is 0 Å². The SMILES string of the molecule is [B]C([B])(CCc1nnc(N)s1)C([B])([B])c1ccc(NC(=O)Cc2cccc(OC(C)(C)C)c2)nn1. The van der Waals surface area contributed by atoms with E-state index in [-0.39, 0.29) is 35.9 Å². The van der Waals surface area contributed by atoms with Gasteiger partial charge in [0.05, 0.1) is 43.5 Å². The molecule has 2 heterocycles. The third kappa shape index (κ3) is 7.34. The molecule has 0 spiro atoms. The lowest BCUT2D eigenvalue weighted by molar-refractivity contribution is -0.115. The number of carbonyl (C=O) groups is 1. The third-order valence-electron chi connectivity index (χ3n) is 5.05. The molecule has 0 saturated heterocycles. The van der Waals surface area contributed by atoms with Crippen LogP contribution in [0.2, 0.25) is 5.21 Å². The lowest BCUT2D eigenvalue weighted by atomic mass is 9.28. The van der Waals surface area contributed by atoms with Crippen LogP contribution in [0.4, 0.5) is 10.9 Å². The quantitative estimate of drug-likeness (QED) is 0.450. The molecule has 0 atom stereocenters. The van der Waals surface area contributed by atoms with Gasteiger partial charge in [0, 0.05) is 6.42 Å². The van der Waals surface area contributed by atoms with Crippen molar-refractivity contribution in [3.05, 3.63) is 52.7 Å². The Morgan fingerprint density at radius 2 is 1.80 bits per heavy atom. The van der Waals surface area contributed by atoms with E-state index in [9.17, 15) is 4.79 Å². The van der Waals surface area contributed by atoms with Crippen LogP contribution in [0, 0.1) is 0 Å². The highest BCUT2D eigenvalue weighted by atomic mass is 32.1. The number of aryl methyl sites for hydroxylation is 1. The first kappa shape index (κ1) is 26.8. The number of rotatable bonds is 9. The molecule has 0 saturated carbocycles. The van der Waals surface area contributed by atoms with E-state index >= 15 is 0 Å². The highest BCUT2D eigenvalue weighted by Crippen LogP contribution is 2.41. The summed E-state index contributed by atoms with van der Waals surface area (Å²) in [4.78, 5) is 12.5. The van der Waals surface area contributed by atoms with E-state index in [1.807, 2.05) is 45.0 Å². The minimum absolute atomic E-state index is 0.132. The highest BCUT2D eigenvalue weighted by molar-refractivity contribution is 7.15. The number of carbonyl (C=O) groups excluding carboxylic acids is 1. The Morgan fingerprint density at radius 1 is 1.06 bits per heavy atom. The molecule has 8 radical (unpaired) electrons. The van der Waals surface area contributed by atoms with E-state index in [2.05, 4.69) is 25.7 Å². The summed E-state index contributed by atoms with van der Waals surface area (Å²) in [5.74, 6) is 0.659. The van der Waals surface area contributed by atoms with Crippen LogP contribution in [-0.2, 0) is 22.8 Å². The minimum atomic E-state index is -1.70. The molecule has 3 rings (SSSR count). The molecular weight excluding hydrogens is 456 g/mol. The summed E-state index contributed by atoms with van der Waals surface area (Å²) in [6.45, 7) is 5.88. The molecule has 0 fully saturated rings. The Kier molecular flexibility index (Phi) is 7.99. The normalized spacial score (nSPS) is 12.3. The van der Waals surface area contributed by atoms with Gasteiger partial charge in [-0.1, -0.05) is 35.1 Å². The van der Waals surface area contributed by atoms with Gasteiger partial charge in [-0.2, -0.15) is 5.10 Å². The number of anilines is 2. The first-order chi connectivity index (χ1) is 16.2. The number of nitrogen functional groups attached to an aromatic ring is 1. The molecule has 0 bridgehead atoms. The van der Waals surface area contributed by atoms with Crippen molar-refractivity contribution in [1.29, 1.82) is 0 Å². The maximum atomic E-state index is 12.5. The fraction of sp³-hybridized carbons (Fsp3) is 0.409. The Morgan fingerprint density at radius 3 is 2.40 bits per heavy atom. The molecule has 0 aliphatic carbocycles. The Balaban J connectivity index is 1.61. The highest BCUT2D eigenvalue weighted by Gasteiger charge is 2.37. The van der Waals surface area contributed by atoms with E-state index in [1.54, 1.807) is 0 Å². The zero-order valence-electron chi connectivity index (χ0n) is 20.0. The van der Waals surface area contributed by atoms with Crippen molar-refractivity contribution in [2.24, 2.45) is 0 Å². The number of nitrogens with zero attached hydrogens (tertiary/aromatic N) is 4. The molecule has 2 aromatic heterocycles. The van der Waals surface area contributed by atoms with Crippen molar-refractivity contribution < 1.29 is 9.53 Å². The van der Waals surface area contributed by atoms with Gasteiger partial charge >= 0.3 is 0 Å². The first-order valence-corrected chi connectivity index (χ1v) is 11.7. The fourth-order valence-electron chi connectivity index (χ4n) is 3.19. The van der Waals surface area contributed by atoms with Crippen LogP contribution in [0.1, 0.15) is 43.5 Å². The van der Waals surface area contributed by atoms with Crippen molar-refractivity contribution in [3.63, 3.8) is 0 Å². The summed E-state index contributed by atoms with van der Waals surface area (Å²) < 4.78 is 5.85. The second kappa shape index (κ2) is 10.4. The number of ether oxygens (including phenoxy) is 1. The molecule has 3 aromatic rings. The number of amides is 1. The maximum Gasteiger partial charge on any atom is 0.229 e. The van der Waals surface area contributed by atoms with Crippen molar-refractivity contribution >= 4 is 59.6 Å². The summed E-state index contributed by atoms with van der Waals surface area (Å²) >= 11 is 1.23. The maximum absolute atomic E-state index is 12.5. The predicted octanol–water partition coefficient (Wildman–Crippen LogP) is 1.84. The van der Waals surface area contributed by atoms with Crippen molar-refractivity contribution in [2.45, 2.75) is 56.1 Å². The predicted molar refractivity (Wildman–Crippen MR) is 141 cm³/mol. The van der Waals surface area contributed by atoms with Gasteiger partial charge in [-0.05, 0) is 50.6 Å². The van der Waals surface area contributed by atoms with Gasteiger partial charge in [-0.25, -0.2) is 0 Å². The topological polar surface area (TPSA) is 116 Å². The second-order valence-electron chi connectivity index (χ2n) is 9.33. The molecule has 1 aromatic carbocycles. The van der Waals surface area contributed by atoms with Gasteiger partial charge in [0.15, 0.2) is 5.82 Å². The van der Waals surface area contributed by atoms with Crippen molar-refractivity contribution in [1.82, 2.24) is 20.4 Å². The molecule has 8 nitrogen and oxygen atoms in total. The van der Waals surface area contributed by atoms with Crippen LogP contribution in [0.3, 0.4) is 0 Å². The first-order valence-electron chi connectivity index (χ1n) is 10.9. The smallest absolute Gasteiger partial charge is 0.229 e. The Labute approximate surface area is 214 Å². The largest absolute Gasteiger partial charge is 0.488 e. The number of benzene rings is 1. The van der Waals surface area contributed by atoms with E-state index in [0.717, 1.165) is 5.56 Å². The molecule has 35 heavy (non-hydrogen) atoms. The zero-order valence-corrected chi connectivity index (χ0v) is 20.8. The van der Waals surface area contributed by atoms with Crippen LogP contribution in [0.25, 0.3) is 0 Å². The van der Waals surface area contributed by atoms with Crippen LogP contribution in [-0.4, -0.2) is 63.3 Å². The minimum Gasteiger partial charge on any atom is -0.488 e. The monoisotopic (exact) mass is 480 g/mol. The second-order valence-corrected chi connectivity index (χ2v) is 10.4. The molecule has 0 aliphatic heterocycles. The van der Waals surface area contributed by atoms with Gasteiger partial charge in [-0.15, -0.1) is 20.5 Å². The number of hydrogen-bond acceptors (Lipinski definition) is 8. The Hall–Kier alpha value is -2.81. The van der Waals surface area contributed by atoms with Crippen molar-refractivity contribution in [3.8, 4) is 5.75 Å². The third-order valence-corrected chi connectivity index (χ3v) is 5.86. The van der Waals surface area contributed by atoms with Crippen LogP contribution >= 0.6 is 11.3 Å². The van der Waals surface area contributed by atoms with Gasteiger partial charge < -0.3 is 15.8 Å². The van der Waals surface area contributed by atoms with Crippen LogP contribution in [0.5, 0.6) is 5.75 Å². The van der Waals surface area contributed by atoms with E-state index in [0.29, 0.717) is 22.3 Å². The molecule has 1 amide bonds. The lowest BCUT2D eigenvalue weighted by Gasteiger charge is -2.43. The molecule has 13 heteroatoms. The summed E-state index contributed by atoms with van der Waals surface area (Å²) in [5.41, 5.74) is 6.22. The van der Waals surface area contributed by atoms with Gasteiger partial charge in [-0.3, -0.25) is 4.79 Å². The zero-order chi connectivity index (χ0) is 25.9. The number of aromatic nitrogens is 4. The number of nitrogens with one attached hydrogen (secondary N) is 1. The number of nitrogens with two attached hydrogens (primary N) is 1. The lowest BCUT2D eigenvalue weighted by Crippen LogP contribution is -2.44. The average molecular weight is 480 g/mol. The van der Waals surface area contributed by atoms with Crippen LogP contribution in [0.15, 0.2) is 36.4 Å². The van der Waals surface area contributed by atoms with E-state index < -0.39 is 10.4 Å². The molecule has 0 unspecified atom stereocenters. The van der Waals surface area contributed by atoms with Crippen molar-refractivity contribution in [2.75, 3.05) is 11.1 Å². The Bertz CT molecular complexity index is 1170. The summed E-state index contributed by atoms with van der Waals surface area (Å²) in [7, 11) is 25.0.